The number of aliphatic hydroxyl groups excluding tert-OH is 1. The molecule has 1 saturated carbocycles. The Labute approximate surface area is 111 Å². The van der Waals surface area contributed by atoms with Gasteiger partial charge in [-0.25, -0.2) is 0 Å². The first-order chi connectivity index (χ1) is 8.70. The molecule has 3 nitrogen and oxygen atoms in total. The fourth-order valence-corrected chi connectivity index (χ4v) is 4.05. The van der Waals surface area contributed by atoms with Gasteiger partial charge in [-0.2, -0.15) is 0 Å². The van der Waals surface area contributed by atoms with Crippen LogP contribution in [0.4, 0.5) is 0 Å². The Morgan fingerprint density at radius 3 is 3.06 bits per heavy atom. The van der Waals surface area contributed by atoms with Crippen LogP contribution in [0.1, 0.15) is 29.2 Å². The number of nitrogens with zero attached hydrogens (tertiary/aromatic N) is 1. The number of hydrogen-bond donors (Lipinski definition) is 1. The molecule has 4 heteroatoms. The van der Waals surface area contributed by atoms with Crippen LogP contribution in [0.25, 0.3) is 0 Å². The fraction of sp³-hybridized carbons (Fsp3) is 0.643. The maximum absolute atomic E-state index is 12.3. The van der Waals surface area contributed by atoms with Gasteiger partial charge in [0.1, 0.15) is 0 Å². The average molecular weight is 265 g/mol. The molecule has 98 valence electrons. The summed E-state index contributed by atoms with van der Waals surface area (Å²) in [5.74, 6) is 1.28. The van der Waals surface area contributed by atoms with Crippen molar-refractivity contribution < 1.29 is 9.90 Å². The topological polar surface area (TPSA) is 40.5 Å². The third-order valence-corrected chi connectivity index (χ3v) is 5.35. The van der Waals surface area contributed by atoms with Gasteiger partial charge in [0.25, 0.3) is 0 Å². The van der Waals surface area contributed by atoms with E-state index in [4.69, 9.17) is 5.11 Å². The lowest BCUT2D eigenvalue weighted by Gasteiger charge is -2.16. The Morgan fingerprint density at radius 2 is 2.44 bits per heavy atom. The number of likely N-dealkylation sites (tertiary alicyclic amines) is 1. The van der Waals surface area contributed by atoms with Gasteiger partial charge in [-0.3, -0.25) is 4.79 Å². The van der Waals surface area contributed by atoms with Gasteiger partial charge in [0.15, 0.2) is 0 Å². The number of aryl methyl sites for hydroxylation is 1. The van der Waals surface area contributed by atoms with Crippen LogP contribution >= 0.6 is 11.3 Å². The third-order valence-electron chi connectivity index (χ3n) is 4.20. The zero-order valence-corrected chi connectivity index (χ0v) is 11.4. The first-order valence-corrected chi connectivity index (χ1v) is 7.52. The molecule has 1 amide bonds. The zero-order valence-electron chi connectivity index (χ0n) is 10.6. The first kappa shape index (κ1) is 12.2. The Hall–Kier alpha value is -0.870. The molecule has 2 fully saturated rings. The number of aliphatic hydroxyl groups is 1. The lowest BCUT2D eigenvalue weighted by molar-refractivity contribution is -0.131. The fourth-order valence-electron chi connectivity index (χ4n) is 2.94. The van der Waals surface area contributed by atoms with Gasteiger partial charge < -0.3 is 10.0 Å². The molecule has 1 aromatic rings. The molecule has 3 atom stereocenters. The summed E-state index contributed by atoms with van der Waals surface area (Å²) in [6.07, 6.45) is 1.97. The summed E-state index contributed by atoms with van der Waals surface area (Å²) < 4.78 is 0. The highest BCUT2D eigenvalue weighted by Gasteiger charge is 2.47. The summed E-state index contributed by atoms with van der Waals surface area (Å²) in [7, 11) is 0. The van der Waals surface area contributed by atoms with E-state index in [0.29, 0.717) is 17.7 Å². The van der Waals surface area contributed by atoms with Crippen molar-refractivity contribution in [3.05, 3.63) is 21.9 Å². The van der Waals surface area contributed by atoms with Crippen molar-refractivity contribution in [3.63, 3.8) is 0 Å². The quantitative estimate of drug-likeness (QED) is 0.908. The highest BCUT2D eigenvalue weighted by molar-refractivity contribution is 7.10. The van der Waals surface area contributed by atoms with E-state index < -0.39 is 0 Å². The van der Waals surface area contributed by atoms with Crippen molar-refractivity contribution in [2.75, 3.05) is 19.7 Å². The van der Waals surface area contributed by atoms with Crippen molar-refractivity contribution >= 4 is 17.2 Å². The Kier molecular flexibility index (Phi) is 3.16. The van der Waals surface area contributed by atoms with E-state index in [2.05, 4.69) is 18.4 Å². The van der Waals surface area contributed by atoms with Crippen LogP contribution in [-0.2, 0) is 4.79 Å². The van der Waals surface area contributed by atoms with E-state index in [9.17, 15) is 4.79 Å². The number of carbonyl (C=O) groups is 1. The van der Waals surface area contributed by atoms with Gasteiger partial charge in [-0.1, -0.05) is 0 Å². The van der Waals surface area contributed by atoms with Gasteiger partial charge in [-0.15, -0.1) is 11.3 Å². The van der Waals surface area contributed by atoms with Crippen molar-refractivity contribution in [1.82, 2.24) is 4.90 Å². The maximum Gasteiger partial charge on any atom is 0.226 e. The van der Waals surface area contributed by atoms with Crippen LogP contribution in [0.3, 0.4) is 0 Å². The van der Waals surface area contributed by atoms with Crippen molar-refractivity contribution in [2.45, 2.75) is 25.7 Å². The Balaban J connectivity index is 1.61. The normalized spacial score (nSPS) is 30.8. The summed E-state index contributed by atoms with van der Waals surface area (Å²) >= 11 is 1.78. The van der Waals surface area contributed by atoms with Gasteiger partial charge in [0, 0.05) is 42.3 Å². The SMILES string of the molecule is Cc1ccsc1C1CC1C(=O)N1CCC(CO)C1. The minimum atomic E-state index is 0.208. The predicted octanol–water partition coefficient (Wildman–Crippen LogP) is 2.00. The number of carbonyl (C=O) groups excluding carboxylic acids is 1. The molecule has 1 N–H and O–H groups in total. The molecule has 0 radical (unpaired) electrons. The third kappa shape index (κ3) is 2.08. The molecule has 1 aliphatic carbocycles. The minimum Gasteiger partial charge on any atom is -0.396 e. The van der Waals surface area contributed by atoms with Crippen LogP contribution in [-0.4, -0.2) is 35.6 Å². The van der Waals surface area contributed by atoms with Crippen molar-refractivity contribution in [2.24, 2.45) is 11.8 Å². The van der Waals surface area contributed by atoms with E-state index in [1.165, 1.54) is 10.4 Å². The average Bonchev–Trinajstić information content (AvgIpc) is 2.82. The molecule has 1 aliphatic heterocycles. The highest BCUT2D eigenvalue weighted by atomic mass is 32.1. The van der Waals surface area contributed by atoms with Crippen LogP contribution in [0.2, 0.25) is 0 Å². The zero-order chi connectivity index (χ0) is 12.7. The summed E-state index contributed by atoms with van der Waals surface area (Å²) in [6.45, 7) is 3.92. The number of rotatable bonds is 3. The number of hydrogen-bond acceptors (Lipinski definition) is 3. The molecule has 0 spiro atoms. The standard InChI is InChI=1S/C14H19NO2S/c1-9-3-5-18-13(9)11-6-12(11)14(17)15-4-2-10(7-15)8-16/h3,5,10-12,16H,2,4,6-8H2,1H3. The smallest absolute Gasteiger partial charge is 0.226 e. The molecule has 1 saturated heterocycles. The molecule has 2 heterocycles. The van der Waals surface area contributed by atoms with Crippen LogP contribution in [0.5, 0.6) is 0 Å². The van der Waals surface area contributed by atoms with E-state index in [-0.39, 0.29) is 12.5 Å². The molecule has 18 heavy (non-hydrogen) atoms. The molecule has 2 aliphatic rings. The molecule has 0 aromatic carbocycles. The summed E-state index contributed by atoms with van der Waals surface area (Å²) in [5, 5.41) is 11.2. The molecule has 3 rings (SSSR count). The first-order valence-electron chi connectivity index (χ1n) is 6.64. The molecule has 3 unspecified atom stereocenters. The second-order valence-electron chi connectivity index (χ2n) is 5.54. The summed E-state index contributed by atoms with van der Waals surface area (Å²) in [4.78, 5) is 15.7. The van der Waals surface area contributed by atoms with E-state index in [1.54, 1.807) is 11.3 Å². The largest absolute Gasteiger partial charge is 0.396 e. The van der Waals surface area contributed by atoms with Crippen molar-refractivity contribution in [1.29, 1.82) is 0 Å². The number of amides is 1. The number of thiophene rings is 1. The molecular formula is C14H19NO2S. The second-order valence-corrected chi connectivity index (χ2v) is 6.49. The lowest BCUT2D eigenvalue weighted by atomic mass is 10.1. The van der Waals surface area contributed by atoms with Gasteiger partial charge in [0.05, 0.1) is 0 Å². The highest BCUT2D eigenvalue weighted by Crippen LogP contribution is 2.51. The maximum atomic E-state index is 12.3. The van der Waals surface area contributed by atoms with Crippen LogP contribution < -0.4 is 0 Å². The molecule has 1 aromatic heterocycles. The monoisotopic (exact) mass is 265 g/mol. The Bertz CT molecular complexity index is 456. The van der Waals surface area contributed by atoms with Crippen LogP contribution in [0.15, 0.2) is 11.4 Å². The van der Waals surface area contributed by atoms with Gasteiger partial charge >= 0.3 is 0 Å². The predicted molar refractivity (Wildman–Crippen MR) is 71.7 cm³/mol. The van der Waals surface area contributed by atoms with E-state index in [1.807, 2.05) is 4.90 Å². The van der Waals surface area contributed by atoms with Crippen molar-refractivity contribution in [3.8, 4) is 0 Å². The summed E-state index contributed by atoms with van der Waals surface area (Å²) in [5.41, 5.74) is 1.33. The molecule has 0 bridgehead atoms. The molecular weight excluding hydrogens is 246 g/mol. The summed E-state index contributed by atoms with van der Waals surface area (Å²) in [6, 6.07) is 2.14. The second kappa shape index (κ2) is 4.67. The van der Waals surface area contributed by atoms with E-state index in [0.717, 1.165) is 25.9 Å². The lowest BCUT2D eigenvalue weighted by Crippen LogP contribution is -2.30. The van der Waals surface area contributed by atoms with Crippen LogP contribution in [0, 0.1) is 18.8 Å². The minimum absolute atomic E-state index is 0.208. The Morgan fingerprint density at radius 1 is 1.61 bits per heavy atom. The van der Waals surface area contributed by atoms with Gasteiger partial charge in [-0.05, 0) is 36.8 Å². The van der Waals surface area contributed by atoms with Gasteiger partial charge in [0.2, 0.25) is 5.91 Å². The van der Waals surface area contributed by atoms with E-state index >= 15 is 0 Å².